The normalized spacial score (nSPS) is 13.2. The van der Waals surface area contributed by atoms with Crippen LogP contribution in [0.1, 0.15) is 12.7 Å². The Hall–Kier alpha value is -0.190. The Morgan fingerprint density at radius 1 is 1.53 bits per heavy atom. The van der Waals surface area contributed by atoms with E-state index in [2.05, 4.69) is 44.7 Å². The number of aromatic nitrogens is 2. The van der Waals surface area contributed by atoms with Crippen LogP contribution < -0.4 is 0 Å². The summed E-state index contributed by atoms with van der Waals surface area (Å²) in [7, 11) is 0. The second-order valence-corrected chi connectivity index (χ2v) is 6.41. The molecule has 0 aliphatic heterocycles. The Kier molecular flexibility index (Phi) is 4.39. The van der Waals surface area contributed by atoms with Crippen LogP contribution in [-0.4, -0.2) is 21.1 Å². The minimum absolute atomic E-state index is 0.452. The van der Waals surface area contributed by atoms with Crippen molar-refractivity contribution in [3.8, 4) is 0 Å². The third-order valence-electron chi connectivity index (χ3n) is 2.75. The molecule has 2 aromatic rings. The quantitative estimate of drug-likeness (QED) is 0.777. The zero-order valence-corrected chi connectivity index (χ0v) is 12.9. The largest absolute Gasteiger partial charge is 0.326 e. The lowest BCUT2D eigenvalue weighted by atomic mass is 10.3. The van der Waals surface area contributed by atoms with Crippen molar-refractivity contribution >= 4 is 50.3 Å². The van der Waals surface area contributed by atoms with Gasteiger partial charge in [-0.1, -0.05) is 22.9 Å². The van der Waals surface area contributed by atoms with Gasteiger partial charge in [0.2, 0.25) is 0 Å². The highest BCUT2D eigenvalue weighted by Crippen LogP contribution is 2.23. The number of fused-ring (bicyclic) bond motifs is 1. The van der Waals surface area contributed by atoms with Crippen molar-refractivity contribution in [1.29, 1.82) is 0 Å². The molecule has 0 N–H and O–H groups in total. The molecule has 0 fully saturated rings. The minimum Gasteiger partial charge on any atom is -0.326 e. The third kappa shape index (κ3) is 2.80. The van der Waals surface area contributed by atoms with Gasteiger partial charge < -0.3 is 4.57 Å². The minimum atomic E-state index is 0.452. The highest BCUT2D eigenvalue weighted by atomic mass is 79.9. The molecule has 0 spiro atoms. The van der Waals surface area contributed by atoms with Crippen molar-refractivity contribution in [1.82, 2.24) is 9.55 Å². The van der Waals surface area contributed by atoms with Crippen molar-refractivity contribution in [3.05, 3.63) is 28.5 Å². The van der Waals surface area contributed by atoms with Crippen molar-refractivity contribution in [2.75, 3.05) is 6.26 Å². The van der Waals surface area contributed by atoms with E-state index in [-0.39, 0.29) is 0 Å². The molecule has 0 radical (unpaired) electrons. The number of rotatable bonds is 4. The Morgan fingerprint density at radius 3 is 2.94 bits per heavy atom. The molecule has 0 aliphatic rings. The Balaban J connectivity index is 2.50. The summed E-state index contributed by atoms with van der Waals surface area (Å²) in [6.45, 7) is 3.16. The number of hydrogen-bond donors (Lipinski definition) is 0. The van der Waals surface area contributed by atoms with Gasteiger partial charge in [0.1, 0.15) is 5.82 Å². The van der Waals surface area contributed by atoms with Crippen molar-refractivity contribution in [2.45, 2.75) is 24.6 Å². The van der Waals surface area contributed by atoms with Gasteiger partial charge in [0.05, 0.1) is 16.9 Å². The van der Waals surface area contributed by atoms with Gasteiger partial charge in [-0.3, -0.25) is 0 Å². The van der Waals surface area contributed by atoms with Crippen LogP contribution in [0, 0.1) is 0 Å². The lowest BCUT2D eigenvalue weighted by molar-refractivity contribution is 0.684. The Morgan fingerprint density at radius 2 is 2.29 bits per heavy atom. The Bertz CT molecular complexity index is 526. The van der Waals surface area contributed by atoms with E-state index in [0.29, 0.717) is 11.1 Å². The molecule has 0 bridgehead atoms. The van der Waals surface area contributed by atoms with Crippen molar-refractivity contribution < 1.29 is 0 Å². The van der Waals surface area contributed by atoms with Crippen LogP contribution >= 0.6 is 39.3 Å². The van der Waals surface area contributed by atoms with Crippen molar-refractivity contribution in [3.63, 3.8) is 0 Å². The van der Waals surface area contributed by atoms with E-state index in [9.17, 15) is 0 Å². The highest BCUT2D eigenvalue weighted by Gasteiger charge is 2.12. The summed E-state index contributed by atoms with van der Waals surface area (Å²) in [5.74, 6) is 1.40. The number of alkyl halides is 1. The molecule has 0 amide bonds. The number of imidazole rings is 1. The Labute approximate surface area is 119 Å². The maximum Gasteiger partial charge on any atom is 0.124 e. The summed E-state index contributed by atoms with van der Waals surface area (Å²) in [5.41, 5.74) is 2.16. The predicted octanol–water partition coefficient (Wildman–Crippen LogP) is 4.29. The molecular formula is C12H14BrClN2S. The van der Waals surface area contributed by atoms with E-state index < -0.39 is 0 Å². The van der Waals surface area contributed by atoms with Gasteiger partial charge in [-0.25, -0.2) is 4.98 Å². The van der Waals surface area contributed by atoms with Gasteiger partial charge in [0.25, 0.3) is 0 Å². The summed E-state index contributed by atoms with van der Waals surface area (Å²) < 4.78 is 3.27. The van der Waals surface area contributed by atoms with E-state index in [0.717, 1.165) is 27.9 Å². The van der Waals surface area contributed by atoms with Crippen molar-refractivity contribution in [2.24, 2.45) is 0 Å². The number of thioether (sulfide) groups is 1. The standard InChI is InChI=1S/C12H14BrClN2S/c1-8(17-2)7-16-11-4-3-9(13)5-10(11)15-12(16)6-14/h3-5,8H,6-7H2,1-2H3. The molecule has 92 valence electrons. The number of benzene rings is 1. The average Bonchev–Trinajstić information content (AvgIpc) is 2.66. The molecule has 2 nitrogen and oxygen atoms in total. The maximum absolute atomic E-state index is 5.97. The van der Waals surface area contributed by atoms with E-state index in [1.807, 2.05) is 23.9 Å². The zero-order chi connectivity index (χ0) is 12.4. The van der Waals surface area contributed by atoms with E-state index in [1.54, 1.807) is 0 Å². The first-order valence-electron chi connectivity index (χ1n) is 5.39. The van der Waals surface area contributed by atoms with Gasteiger partial charge in [-0.05, 0) is 24.5 Å². The molecule has 0 aliphatic carbocycles. The number of nitrogens with zero attached hydrogens (tertiary/aromatic N) is 2. The molecular weight excluding hydrogens is 320 g/mol. The van der Waals surface area contributed by atoms with Gasteiger partial charge in [-0.2, -0.15) is 11.8 Å². The second-order valence-electron chi connectivity index (χ2n) is 3.95. The van der Waals surface area contributed by atoms with E-state index in [4.69, 9.17) is 11.6 Å². The molecule has 2 rings (SSSR count). The summed E-state index contributed by atoms with van der Waals surface area (Å²) >= 11 is 11.3. The summed E-state index contributed by atoms with van der Waals surface area (Å²) in [5, 5.41) is 0.554. The average molecular weight is 334 g/mol. The van der Waals surface area contributed by atoms with Crippen LogP contribution in [0.3, 0.4) is 0 Å². The van der Waals surface area contributed by atoms with Crippen LogP contribution in [0.25, 0.3) is 11.0 Å². The SMILES string of the molecule is CSC(C)Cn1c(CCl)nc2cc(Br)ccc21. The number of hydrogen-bond acceptors (Lipinski definition) is 2. The highest BCUT2D eigenvalue weighted by molar-refractivity contribution is 9.10. The molecule has 1 heterocycles. The first-order valence-corrected chi connectivity index (χ1v) is 8.00. The molecule has 0 saturated carbocycles. The van der Waals surface area contributed by atoms with Crippen LogP contribution in [-0.2, 0) is 12.4 Å². The monoisotopic (exact) mass is 332 g/mol. The van der Waals surface area contributed by atoms with Crippen LogP contribution in [0.5, 0.6) is 0 Å². The summed E-state index contributed by atoms with van der Waals surface area (Å²) in [4.78, 5) is 4.57. The van der Waals surface area contributed by atoms with Gasteiger partial charge >= 0.3 is 0 Å². The van der Waals surface area contributed by atoms with Gasteiger partial charge in [0, 0.05) is 16.3 Å². The molecule has 1 aromatic heterocycles. The molecule has 5 heteroatoms. The zero-order valence-electron chi connectivity index (χ0n) is 9.78. The van der Waals surface area contributed by atoms with Crippen LogP contribution in [0.2, 0.25) is 0 Å². The molecule has 1 unspecified atom stereocenters. The number of halogens is 2. The lowest BCUT2D eigenvalue weighted by Gasteiger charge is -2.12. The summed E-state index contributed by atoms with van der Waals surface area (Å²) in [6.07, 6.45) is 2.13. The fourth-order valence-corrected chi connectivity index (χ4v) is 2.64. The second kappa shape index (κ2) is 5.63. The van der Waals surface area contributed by atoms with E-state index >= 15 is 0 Å². The van der Waals surface area contributed by atoms with E-state index in [1.165, 1.54) is 0 Å². The molecule has 0 saturated heterocycles. The summed E-state index contributed by atoms with van der Waals surface area (Å²) in [6, 6.07) is 6.17. The maximum atomic E-state index is 5.97. The first kappa shape index (κ1) is 13.2. The van der Waals surface area contributed by atoms with Crippen LogP contribution in [0.15, 0.2) is 22.7 Å². The van der Waals surface area contributed by atoms with Crippen LogP contribution in [0.4, 0.5) is 0 Å². The third-order valence-corrected chi connectivity index (χ3v) is 4.44. The molecule has 1 aromatic carbocycles. The van der Waals surface area contributed by atoms with Gasteiger partial charge in [-0.15, -0.1) is 11.6 Å². The fourth-order valence-electron chi connectivity index (χ4n) is 1.79. The molecule has 1 atom stereocenters. The lowest BCUT2D eigenvalue weighted by Crippen LogP contribution is -2.11. The topological polar surface area (TPSA) is 17.8 Å². The molecule has 17 heavy (non-hydrogen) atoms. The predicted molar refractivity (Wildman–Crippen MR) is 80.0 cm³/mol. The van der Waals surface area contributed by atoms with Gasteiger partial charge in [0.15, 0.2) is 0 Å². The first-order chi connectivity index (χ1) is 8.15. The smallest absolute Gasteiger partial charge is 0.124 e. The fraction of sp³-hybridized carbons (Fsp3) is 0.417.